The van der Waals surface area contributed by atoms with E-state index >= 15 is 0 Å². The van der Waals surface area contributed by atoms with Crippen LogP contribution in [0.15, 0.2) is 40.9 Å². The number of nitrogens with one attached hydrogen (secondary N) is 1. The fourth-order valence-electron chi connectivity index (χ4n) is 3.28. The molecule has 25 heavy (non-hydrogen) atoms. The average Bonchev–Trinajstić information content (AvgIpc) is 3.32. The summed E-state index contributed by atoms with van der Waals surface area (Å²) in [6.45, 7) is 2.69. The first kappa shape index (κ1) is 15.8. The van der Waals surface area contributed by atoms with Gasteiger partial charge in [0.25, 0.3) is 5.88 Å². The minimum Gasteiger partial charge on any atom is -0.479 e. The summed E-state index contributed by atoms with van der Waals surface area (Å²) in [4.78, 5) is 7.07. The van der Waals surface area contributed by atoms with Gasteiger partial charge in [0, 0.05) is 24.1 Å². The molecule has 1 N–H and O–H groups in total. The number of likely N-dealkylation sites (tertiary alicyclic amines) is 1. The molecule has 0 aliphatic carbocycles. The first-order valence-electron chi connectivity index (χ1n) is 8.51. The van der Waals surface area contributed by atoms with Crippen LogP contribution in [0.4, 0.5) is 0 Å². The normalized spacial score (nSPS) is 18.4. The summed E-state index contributed by atoms with van der Waals surface area (Å²) in [5.74, 6) is 3.40. The van der Waals surface area contributed by atoms with Crippen molar-refractivity contribution in [2.45, 2.75) is 25.3 Å². The highest BCUT2D eigenvalue weighted by atomic mass is 16.5. The number of rotatable bonds is 5. The molecule has 7 nitrogen and oxygen atoms in total. The van der Waals surface area contributed by atoms with E-state index < -0.39 is 0 Å². The van der Waals surface area contributed by atoms with Crippen LogP contribution in [0.25, 0.3) is 11.4 Å². The Bertz CT molecular complexity index is 814. The van der Waals surface area contributed by atoms with E-state index in [1.165, 1.54) is 0 Å². The van der Waals surface area contributed by atoms with Gasteiger partial charge in [-0.1, -0.05) is 30.3 Å². The quantitative estimate of drug-likeness (QED) is 0.770. The van der Waals surface area contributed by atoms with Crippen molar-refractivity contribution in [3.8, 4) is 17.3 Å². The molecule has 1 fully saturated rings. The van der Waals surface area contributed by atoms with Crippen LogP contribution in [0.2, 0.25) is 0 Å². The fraction of sp³-hybridized carbons (Fsp3) is 0.389. The molecule has 0 radical (unpaired) electrons. The van der Waals surface area contributed by atoms with E-state index in [9.17, 15) is 0 Å². The van der Waals surface area contributed by atoms with Crippen molar-refractivity contribution in [3.05, 3.63) is 48.0 Å². The molecule has 1 atom stereocenters. The maximum atomic E-state index is 5.31. The van der Waals surface area contributed by atoms with E-state index in [0.717, 1.165) is 55.4 Å². The van der Waals surface area contributed by atoms with Gasteiger partial charge in [-0.15, -0.1) is 0 Å². The topological polar surface area (TPSA) is 80.1 Å². The summed E-state index contributed by atoms with van der Waals surface area (Å²) >= 11 is 0. The zero-order chi connectivity index (χ0) is 17.1. The molecular formula is C18H21N5O2. The van der Waals surface area contributed by atoms with Crippen LogP contribution in [0, 0.1) is 0 Å². The maximum absolute atomic E-state index is 5.31. The number of nitrogens with zero attached hydrogens (tertiary/aromatic N) is 4. The Kier molecular flexibility index (Phi) is 4.47. The molecule has 1 unspecified atom stereocenters. The van der Waals surface area contributed by atoms with Gasteiger partial charge in [-0.3, -0.25) is 10.00 Å². The number of methoxy groups -OCH3 is 1. The van der Waals surface area contributed by atoms with E-state index in [-0.39, 0.29) is 0 Å². The highest BCUT2D eigenvalue weighted by molar-refractivity contribution is 5.53. The second-order valence-electron chi connectivity index (χ2n) is 6.32. The van der Waals surface area contributed by atoms with Gasteiger partial charge in [-0.25, -0.2) is 4.98 Å². The molecule has 1 aromatic carbocycles. The van der Waals surface area contributed by atoms with Crippen molar-refractivity contribution in [1.29, 1.82) is 0 Å². The van der Waals surface area contributed by atoms with E-state index in [0.29, 0.717) is 11.8 Å². The van der Waals surface area contributed by atoms with E-state index in [4.69, 9.17) is 14.2 Å². The summed E-state index contributed by atoms with van der Waals surface area (Å²) in [6.07, 6.45) is 2.23. The third-order valence-corrected chi connectivity index (χ3v) is 4.55. The molecule has 0 saturated carbocycles. The molecule has 7 heteroatoms. The number of benzene rings is 1. The Labute approximate surface area is 146 Å². The van der Waals surface area contributed by atoms with Gasteiger partial charge in [0.2, 0.25) is 0 Å². The number of ether oxygens (including phenoxy) is 1. The molecular weight excluding hydrogens is 318 g/mol. The third-order valence-electron chi connectivity index (χ3n) is 4.55. The minimum absolute atomic E-state index is 0.350. The molecule has 1 aliphatic heterocycles. The smallest absolute Gasteiger partial charge is 0.254 e. The largest absolute Gasteiger partial charge is 0.479 e. The predicted octanol–water partition coefficient (Wildman–Crippen LogP) is 2.85. The van der Waals surface area contributed by atoms with E-state index in [1.54, 1.807) is 7.11 Å². The summed E-state index contributed by atoms with van der Waals surface area (Å²) in [5.41, 5.74) is 1.03. The van der Waals surface area contributed by atoms with Gasteiger partial charge in [0.1, 0.15) is 5.82 Å². The van der Waals surface area contributed by atoms with Gasteiger partial charge in [-0.05, 0) is 24.5 Å². The lowest BCUT2D eigenvalue weighted by Gasteiger charge is -2.30. The lowest BCUT2D eigenvalue weighted by molar-refractivity contribution is 0.177. The van der Waals surface area contributed by atoms with Crippen molar-refractivity contribution in [1.82, 2.24) is 25.2 Å². The van der Waals surface area contributed by atoms with Crippen molar-refractivity contribution >= 4 is 0 Å². The number of H-pyrrole nitrogens is 1. The van der Waals surface area contributed by atoms with Crippen molar-refractivity contribution in [2.24, 2.45) is 0 Å². The van der Waals surface area contributed by atoms with Crippen LogP contribution in [0.1, 0.15) is 30.3 Å². The minimum atomic E-state index is 0.350. The number of hydrogen-bond donors (Lipinski definition) is 1. The number of piperidine rings is 1. The van der Waals surface area contributed by atoms with Crippen LogP contribution in [0.3, 0.4) is 0 Å². The zero-order valence-corrected chi connectivity index (χ0v) is 14.2. The zero-order valence-electron chi connectivity index (χ0n) is 14.2. The molecule has 130 valence electrons. The van der Waals surface area contributed by atoms with Crippen molar-refractivity contribution < 1.29 is 9.26 Å². The summed E-state index contributed by atoms with van der Waals surface area (Å²) in [7, 11) is 1.59. The summed E-state index contributed by atoms with van der Waals surface area (Å²) < 4.78 is 10.4. The molecule has 2 aromatic heterocycles. The van der Waals surface area contributed by atoms with Crippen molar-refractivity contribution in [3.63, 3.8) is 0 Å². The lowest BCUT2D eigenvalue weighted by atomic mass is 9.97. The van der Waals surface area contributed by atoms with E-state index in [1.807, 2.05) is 36.4 Å². The molecule has 0 amide bonds. The Hall–Kier alpha value is -2.67. The summed E-state index contributed by atoms with van der Waals surface area (Å²) in [6, 6.07) is 11.9. The Morgan fingerprint density at radius 2 is 2.20 bits per heavy atom. The molecule has 3 heterocycles. The summed E-state index contributed by atoms with van der Waals surface area (Å²) in [5, 5.41) is 11.4. The molecule has 0 bridgehead atoms. The Balaban J connectivity index is 1.43. The van der Waals surface area contributed by atoms with Crippen LogP contribution in [0.5, 0.6) is 5.88 Å². The van der Waals surface area contributed by atoms with Gasteiger partial charge >= 0.3 is 0 Å². The lowest BCUT2D eigenvalue weighted by Crippen LogP contribution is -2.34. The third kappa shape index (κ3) is 3.56. The molecule has 3 aromatic rings. The SMILES string of the molecule is COc1cc(CN2CCCC(c3nc(-c4ccccc4)n[nH]3)C2)on1. The van der Waals surface area contributed by atoms with Gasteiger partial charge < -0.3 is 9.26 Å². The highest BCUT2D eigenvalue weighted by Gasteiger charge is 2.25. The van der Waals surface area contributed by atoms with Gasteiger partial charge in [0.15, 0.2) is 11.6 Å². The molecule has 4 rings (SSSR count). The van der Waals surface area contributed by atoms with Crippen LogP contribution in [-0.2, 0) is 6.54 Å². The maximum Gasteiger partial charge on any atom is 0.254 e. The Morgan fingerprint density at radius 3 is 3.00 bits per heavy atom. The number of aromatic amines is 1. The highest BCUT2D eigenvalue weighted by Crippen LogP contribution is 2.27. The van der Waals surface area contributed by atoms with Crippen LogP contribution < -0.4 is 4.74 Å². The second-order valence-corrected chi connectivity index (χ2v) is 6.32. The predicted molar refractivity (Wildman–Crippen MR) is 92.1 cm³/mol. The average molecular weight is 339 g/mol. The molecule has 0 spiro atoms. The monoisotopic (exact) mass is 339 g/mol. The first-order chi connectivity index (χ1) is 12.3. The Morgan fingerprint density at radius 1 is 1.32 bits per heavy atom. The van der Waals surface area contributed by atoms with E-state index in [2.05, 4.69) is 20.3 Å². The second kappa shape index (κ2) is 7.06. The van der Waals surface area contributed by atoms with Gasteiger partial charge in [0.05, 0.1) is 13.7 Å². The fourth-order valence-corrected chi connectivity index (χ4v) is 3.28. The van der Waals surface area contributed by atoms with Crippen LogP contribution >= 0.6 is 0 Å². The molecule has 1 saturated heterocycles. The van der Waals surface area contributed by atoms with Crippen molar-refractivity contribution in [2.75, 3.05) is 20.2 Å². The molecule has 1 aliphatic rings. The van der Waals surface area contributed by atoms with Crippen LogP contribution in [-0.4, -0.2) is 45.4 Å². The first-order valence-corrected chi connectivity index (χ1v) is 8.51. The number of hydrogen-bond acceptors (Lipinski definition) is 6. The standard InChI is InChI=1S/C18H21N5O2/c1-24-16-10-15(25-22-16)12-23-9-5-8-14(11-23)18-19-17(20-21-18)13-6-3-2-4-7-13/h2-4,6-7,10,14H,5,8-9,11-12H2,1H3,(H,19,20,21). The number of aromatic nitrogens is 4. The van der Waals surface area contributed by atoms with Gasteiger partial charge in [-0.2, -0.15) is 5.10 Å².